The first kappa shape index (κ1) is 16.8. The van der Waals surface area contributed by atoms with E-state index in [0.29, 0.717) is 0 Å². The molecule has 0 rings (SSSR count). The molecule has 0 fully saturated rings. The van der Waals surface area contributed by atoms with E-state index in [9.17, 15) is 0 Å². The van der Waals surface area contributed by atoms with E-state index < -0.39 is 0 Å². The van der Waals surface area contributed by atoms with Crippen LogP contribution in [0.15, 0.2) is 0 Å². The van der Waals surface area contributed by atoms with Gasteiger partial charge in [0.25, 0.3) is 0 Å². The molecule has 0 saturated carbocycles. The predicted octanol–water partition coefficient (Wildman–Crippen LogP) is 1.21. The van der Waals surface area contributed by atoms with Crippen LogP contribution in [-0.2, 0) is 19.5 Å². The van der Waals surface area contributed by atoms with Gasteiger partial charge in [0.1, 0.15) is 0 Å². The fraction of sp³-hybridized carbons (Fsp3) is 0.333. The van der Waals surface area contributed by atoms with E-state index in [0.717, 1.165) is 0 Å². The van der Waals surface area contributed by atoms with Crippen LogP contribution in [0.3, 0.4) is 0 Å². The van der Waals surface area contributed by atoms with Crippen LogP contribution < -0.4 is 0 Å². The summed E-state index contributed by atoms with van der Waals surface area (Å²) in [6.45, 7) is 1.54. The fourth-order valence-corrected chi connectivity index (χ4v) is 0. The van der Waals surface area contributed by atoms with Crippen LogP contribution in [-0.4, -0.2) is 0 Å². The Hall–Kier alpha value is 0.913. The Morgan fingerprint density at radius 2 is 1.60 bits per heavy atom. The number of rotatable bonds is 0. The van der Waals surface area contributed by atoms with Crippen molar-refractivity contribution in [1.82, 2.24) is 0 Å². The van der Waals surface area contributed by atoms with Gasteiger partial charge in [-0.3, -0.25) is 0 Å². The molecule has 0 aromatic heterocycles. The molecule has 26 valence electrons. The second-order valence-electron chi connectivity index (χ2n) is 0.250. The Labute approximate surface area is 62.5 Å². The van der Waals surface area contributed by atoms with Gasteiger partial charge in [-0.05, 0) is 6.92 Å². The molecule has 0 spiro atoms. The van der Waals surface area contributed by atoms with Gasteiger partial charge in [0.15, 0.2) is 0 Å². The van der Waals surface area contributed by atoms with Crippen LogP contribution in [0, 0.1) is 12.3 Å². The molecule has 0 aromatic carbocycles. The molecule has 0 heterocycles. The molecule has 5 heavy (non-hydrogen) atoms. The molecule has 2 heteroatoms. The van der Waals surface area contributed by atoms with Gasteiger partial charge >= 0.3 is 0 Å². The molecule has 0 bridgehead atoms. The van der Waals surface area contributed by atoms with Crippen molar-refractivity contribution < 1.29 is 19.5 Å². The summed E-state index contributed by atoms with van der Waals surface area (Å²) < 4.78 is 0. The summed E-state index contributed by atoms with van der Waals surface area (Å²) in [5.41, 5.74) is 0. The van der Waals surface area contributed by atoms with Gasteiger partial charge in [0.05, 0.1) is 0 Å². The molecule has 0 aliphatic rings. The molecule has 0 atom stereocenters. The van der Waals surface area contributed by atoms with Crippen LogP contribution in [0.1, 0.15) is 6.92 Å². The predicted molar refractivity (Wildman–Crippen MR) is 28.2 cm³/mol. The normalized spacial score (nSPS) is 1.60. The van der Waals surface area contributed by atoms with Crippen molar-refractivity contribution in [2.24, 2.45) is 0 Å². The third kappa shape index (κ3) is 50.0. The van der Waals surface area contributed by atoms with E-state index in [1.807, 2.05) is 5.92 Å². The van der Waals surface area contributed by atoms with E-state index in [1.54, 1.807) is 6.92 Å². The molecular formula is C3H4IZn-. The van der Waals surface area contributed by atoms with Crippen LogP contribution in [0.5, 0.6) is 0 Å². The second-order valence-corrected chi connectivity index (χ2v) is 0.250. The summed E-state index contributed by atoms with van der Waals surface area (Å²) in [5, 5.41) is 0. The Morgan fingerprint density at radius 1 is 1.60 bits per heavy atom. The standard InChI is InChI=1S/C3H3.HI.Zn/c1-3-2;;/h1H3;1H;/q-1;;. The van der Waals surface area contributed by atoms with Crippen LogP contribution in [0.25, 0.3) is 0 Å². The van der Waals surface area contributed by atoms with Crippen LogP contribution in [0.2, 0.25) is 0 Å². The monoisotopic (exact) mass is 231 g/mol. The van der Waals surface area contributed by atoms with Crippen molar-refractivity contribution in [1.29, 1.82) is 0 Å². The molecule has 0 radical (unpaired) electrons. The zero-order valence-corrected chi connectivity index (χ0v) is 8.41. The molecule has 0 saturated heterocycles. The zero-order chi connectivity index (χ0) is 2.71. The summed E-state index contributed by atoms with van der Waals surface area (Å²) in [4.78, 5) is 0. The largest absolute Gasteiger partial charge is 0.694 e. The van der Waals surface area contributed by atoms with E-state index in [4.69, 9.17) is 6.42 Å². The average molecular weight is 232 g/mol. The third-order valence-electron chi connectivity index (χ3n) is 0. The summed E-state index contributed by atoms with van der Waals surface area (Å²) in [5.74, 6) is 2.00. The van der Waals surface area contributed by atoms with Crippen molar-refractivity contribution in [2.45, 2.75) is 6.92 Å². The molecule has 0 N–H and O–H groups in total. The molecule has 0 aromatic rings. The third-order valence-corrected chi connectivity index (χ3v) is 0. The van der Waals surface area contributed by atoms with E-state index in [-0.39, 0.29) is 43.5 Å². The summed E-state index contributed by atoms with van der Waals surface area (Å²) in [6.07, 6.45) is 5.96. The Morgan fingerprint density at radius 3 is 1.60 bits per heavy atom. The molecule has 0 amide bonds. The van der Waals surface area contributed by atoms with Gasteiger partial charge in [-0.1, -0.05) is 0 Å². The second kappa shape index (κ2) is 20.6. The molecule has 0 aliphatic heterocycles. The first-order valence-electron chi connectivity index (χ1n) is 0.750. The summed E-state index contributed by atoms with van der Waals surface area (Å²) >= 11 is 0. The van der Waals surface area contributed by atoms with Crippen LogP contribution >= 0.6 is 24.0 Å². The smallest absolute Gasteiger partial charge is 0 e. The van der Waals surface area contributed by atoms with Crippen molar-refractivity contribution in [3.63, 3.8) is 0 Å². The Bertz CT molecular complexity index is 28.4. The first-order chi connectivity index (χ1) is 1.41. The molecular weight excluding hydrogens is 228 g/mol. The fourth-order valence-electron chi connectivity index (χ4n) is 0. The molecule has 0 unspecified atom stereocenters. The van der Waals surface area contributed by atoms with Crippen molar-refractivity contribution in [3.8, 4) is 5.92 Å². The topological polar surface area (TPSA) is 0 Å². The quantitative estimate of drug-likeness (QED) is 0.255. The Kier molecular flexibility index (Phi) is 69.1. The van der Waals surface area contributed by atoms with Gasteiger partial charge in [-0.25, -0.2) is 0 Å². The Balaban J connectivity index is -0.0000000200. The van der Waals surface area contributed by atoms with Gasteiger partial charge < -0.3 is 12.3 Å². The van der Waals surface area contributed by atoms with Gasteiger partial charge in [0.2, 0.25) is 0 Å². The SMILES string of the molecule is I.[C-]#CC.[Zn]. The van der Waals surface area contributed by atoms with Crippen molar-refractivity contribution in [2.75, 3.05) is 0 Å². The van der Waals surface area contributed by atoms with Crippen LogP contribution in [0.4, 0.5) is 0 Å². The summed E-state index contributed by atoms with van der Waals surface area (Å²) in [6, 6.07) is 0. The van der Waals surface area contributed by atoms with Gasteiger partial charge in [0, 0.05) is 19.5 Å². The van der Waals surface area contributed by atoms with E-state index in [1.165, 1.54) is 0 Å². The minimum Gasteiger partial charge on any atom is -0.694 e. The van der Waals surface area contributed by atoms with Crippen molar-refractivity contribution >= 4 is 24.0 Å². The molecule has 0 nitrogen and oxygen atoms in total. The van der Waals surface area contributed by atoms with Gasteiger partial charge in [-0.2, -0.15) is 0 Å². The average Bonchev–Trinajstić information content (AvgIpc) is 0.918. The number of hydrogen-bond acceptors (Lipinski definition) is 0. The van der Waals surface area contributed by atoms with Gasteiger partial charge in [-0.15, -0.1) is 24.0 Å². The van der Waals surface area contributed by atoms with Crippen molar-refractivity contribution in [3.05, 3.63) is 6.42 Å². The minimum atomic E-state index is 0. The first-order valence-corrected chi connectivity index (χ1v) is 0.750. The zero-order valence-electron chi connectivity index (χ0n) is 3.12. The molecule has 0 aliphatic carbocycles. The number of hydrogen-bond donors (Lipinski definition) is 0. The summed E-state index contributed by atoms with van der Waals surface area (Å²) in [7, 11) is 0. The maximum absolute atomic E-state index is 5.96. The van der Waals surface area contributed by atoms with E-state index >= 15 is 0 Å². The van der Waals surface area contributed by atoms with E-state index in [2.05, 4.69) is 0 Å². The minimum absolute atomic E-state index is 0. The number of halogens is 1. The maximum Gasteiger partial charge on any atom is 0 e. The maximum atomic E-state index is 5.96.